The molecule has 1 aromatic rings. The molecule has 2 aliphatic rings. The lowest BCUT2D eigenvalue weighted by Crippen LogP contribution is -2.55. The molecule has 2 aliphatic heterocycles. The first kappa shape index (κ1) is 14.5. The fourth-order valence-corrected chi connectivity index (χ4v) is 3.68. The van der Waals surface area contributed by atoms with Gasteiger partial charge in [-0.2, -0.15) is 0 Å². The van der Waals surface area contributed by atoms with Crippen LogP contribution in [0.3, 0.4) is 0 Å². The van der Waals surface area contributed by atoms with E-state index in [0.29, 0.717) is 23.4 Å². The molecule has 3 nitrogen and oxygen atoms in total. The third-order valence-electron chi connectivity index (χ3n) is 4.72. The van der Waals surface area contributed by atoms with Crippen LogP contribution in [0.4, 0.5) is 4.39 Å². The lowest BCUT2D eigenvalue weighted by molar-refractivity contribution is 0.0168. The highest BCUT2D eigenvalue weighted by Gasteiger charge is 2.36. The highest BCUT2D eigenvalue weighted by molar-refractivity contribution is 5.94. The molecule has 0 radical (unpaired) electrons. The summed E-state index contributed by atoms with van der Waals surface area (Å²) in [6.07, 6.45) is 1.23. The van der Waals surface area contributed by atoms with Gasteiger partial charge in [0.05, 0.1) is 0 Å². The number of hydrogen-bond donors (Lipinski definition) is 0. The van der Waals surface area contributed by atoms with E-state index in [0.717, 1.165) is 26.2 Å². The van der Waals surface area contributed by atoms with Gasteiger partial charge in [-0.3, -0.25) is 4.79 Å². The minimum Gasteiger partial charge on any atom is -0.338 e. The summed E-state index contributed by atoms with van der Waals surface area (Å²) >= 11 is 0. The number of fused-ring (bicyclic) bond motifs is 2. The van der Waals surface area contributed by atoms with Gasteiger partial charge in [-0.05, 0) is 56.4 Å². The maximum absolute atomic E-state index is 13.0. The van der Waals surface area contributed by atoms with Crippen LogP contribution in [-0.2, 0) is 0 Å². The number of rotatable bonds is 2. The zero-order valence-electron chi connectivity index (χ0n) is 12.8. The molecule has 0 spiro atoms. The van der Waals surface area contributed by atoms with E-state index in [4.69, 9.17) is 0 Å². The number of nitrogens with zero attached hydrogens (tertiary/aromatic N) is 2. The molecular weight excluding hydrogens is 267 g/mol. The zero-order chi connectivity index (χ0) is 15.0. The van der Waals surface area contributed by atoms with Gasteiger partial charge in [0.25, 0.3) is 5.91 Å². The first-order valence-corrected chi connectivity index (χ1v) is 7.82. The Bertz CT molecular complexity index is 500. The van der Waals surface area contributed by atoms with Crippen molar-refractivity contribution < 1.29 is 9.18 Å². The lowest BCUT2D eigenvalue weighted by Gasteiger charge is -2.47. The van der Waals surface area contributed by atoms with Crippen molar-refractivity contribution in [2.45, 2.75) is 26.3 Å². The summed E-state index contributed by atoms with van der Waals surface area (Å²) in [5, 5.41) is 0. The fourth-order valence-electron chi connectivity index (χ4n) is 3.68. The predicted molar refractivity (Wildman–Crippen MR) is 80.6 cm³/mol. The van der Waals surface area contributed by atoms with Crippen molar-refractivity contribution in [1.29, 1.82) is 0 Å². The van der Waals surface area contributed by atoms with Gasteiger partial charge in [-0.15, -0.1) is 0 Å². The van der Waals surface area contributed by atoms with Crippen LogP contribution >= 0.6 is 0 Å². The topological polar surface area (TPSA) is 23.6 Å². The molecule has 4 heteroatoms. The van der Waals surface area contributed by atoms with Gasteiger partial charge in [0, 0.05) is 37.8 Å². The van der Waals surface area contributed by atoms with Gasteiger partial charge < -0.3 is 9.80 Å². The number of likely N-dealkylation sites (tertiary alicyclic amines) is 2. The molecule has 2 saturated heterocycles. The Labute approximate surface area is 125 Å². The molecule has 1 aromatic carbocycles. The number of carbonyl (C=O) groups is 1. The van der Waals surface area contributed by atoms with Crippen molar-refractivity contribution in [1.82, 2.24) is 9.80 Å². The van der Waals surface area contributed by atoms with Crippen LogP contribution in [0.15, 0.2) is 24.3 Å². The molecule has 0 aromatic heterocycles. The Morgan fingerprint density at radius 3 is 2.19 bits per heavy atom. The van der Waals surface area contributed by atoms with E-state index in [1.807, 2.05) is 4.90 Å². The van der Waals surface area contributed by atoms with Crippen molar-refractivity contribution in [3.8, 4) is 0 Å². The van der Waals surface area contributed by atoms with Gasteiger partial charge >= 0.3 is 0 Å². The third-order valence-corrected chi connectivity index (χ3v) is 4.72. The Morgan fingerprint density at radius 2 is 1.67 bits per heavy atom. The zero-order valence-corrected chi connectivity index (χ0v) is 12.8. The summed E-state index contributed by atoms with van der Waals surface area (Å²) in [4.78, 5) is 17.0. The van der Waals surface area contributed by atoms with Crippen molar-refractivity contribution in [3.05, 3.63) is 35.6 Å². The highest BCUT2D eigenvalue weighted by atomic mass is 19.1. The van der Waals surface area contributed by atoms with Crippen LogP contribution in [0.1, 0.15) is 30.6 Å². The minimum absolute atomic E-state index is 0.0442. The van der Waals surface area contributed by atoms with Gasteiger partial charge in [0.2, 0.25) is 0 Å². The number of hydrogen-bond acceptors (Lipinski definition) is 2. The molecule has 2 fully saturated rings. The van der Waals surface area contributed by atoms with Crippen LogP contribution in [0, 0.1) is 17.7 Å². The first-order valence-electron chi connectivity index (χ1n) is 7.82. The van der Waals surface area contributed by atoms with Crippen LogP contribution in [-0.4, -0.2) is 47.9 Å². The second-order valence-corrected chi connectivity index (χ2v) is 6.73. The summed E-state index contributed by atoms with van der Waals surface area (Å²) in [6, 6.07) is 6.47. The summed E-state index contributed by atoms with van der Waals surface area (Å²) in [5.74, 6) is 0.894. The van der Waals surface area contributed by atoms with Gasteiger partial charge in [-0.1, -0.05) is 0 Å². The second kappa shape index (κ2) is 5.76. The number of benzene rings is 1. The van der Waals surface area contributed by atoms with Crippen molar-refractivity contribution >= 4 is 5.91 Å². The number of halogens is 1. The molecule has 0 N–H and O–H groups in total. The van der Waals surface area contributed by atoms with Crippen molar-refractivity contribution in [2.24, 2.45) is 11.8 Å². The summed E-state index contributed by atoms with van der Waals surface area (Å²) in [7, 11) is 0. The van der Waals surface area contributed by atoms with Crippen LogP contribution in [0.2, 0.25) is 0 Å². The average Bonchev–Trinajstić information content (AvgIpc) is 2.46. The van der Waals surface area contributed by atoms with E-state index in [2.05, 4.69) is 18.7 Å². The normalized spacial score (nSPS) is 26.2. The van der Waals surface area contributed by atoms with Gasteiger partial charge in [0.15, 0.2) is 0 Å². The van der Waals surface area contributed by atoms with Crippen LogP contribution < -0.4 is 0 Å². The third kappa shape index (κ3) is 3.10. The molecule has 0 saturated carbocycles. The Hall–Kier alpha value is -1.42. The van der Waals surface area contributed by atoms with Crippen molar-refractivity contribution in [2.75, 3.05) is 26.2 Å². The average molecular weight is 290 g/mol. The molecule has 2 bridgehead atoms. The summed E-state index contributed by atoms with van der Waals surface area (Å²) < 4.78 is 13.0. The minimum atomic E-state index is -0.297. The van der Waals surface area contributed by atoms with Gasteiger partial charge in [0.1, 0.15) is 5.82 Å². The van der Waals surface area contributed by atoms with E-state index in [-0.39, 0.29) is 11.7 Å². The lowest BCUT2D eigenvalue weighted by atomic mass is 9.84. The molecule has 2 unspecified atom stereocenters. The molecule has 114 valence electrons. The summed E-state index contributed by atoms with van der Waals surface area (Å²) in [6.45, 7) is 8.31. The first-order chi connectivity index (χ1) is 10.0. The smallest absolute Gasteiger partial charge is 0.253 e. The largest absolute Gasteiger partial charge is 0.338 e. The number of carbonyl (C=O) groups excluding carboxylic acids is 1. The second-order valence-electron chi connectivity index (χ2n) is 6.73. The quantitative estimate of drug-likeness (QED) is 0.836. The van der Waals surface area contributed by atoms with E-state index in [1.165, 1.54) is 18.6 Å². The molecule has 2 atom stereocenters. The maximum atomic E-state index is 13.0. The monoisotopic (exact) mass is 290 g/mol. The Balaban J connectivity index is 1.69. The Morgan fingerprint density at radius 1 is 1.10 bits per heavy atom. The summed E-state index contributed by atoms with van der Waals surface area (Å²) in [5.41, 5.74) is 0.595. The standard InChI is InChI=1S/C17H23FN2O/c1-12(2)19-8-13-7-14(9-19)11-20(10-13)17(21)15-3-5-16(18)6-4-15/h3-6,12-14H,7-11H2,1-2H3. The van der Waals surface area contributed by atoms with E-state index >= 15 is 0 Å². The molecule has 3 rings (SSSR count). The Kier molecular flexibility index (Phi) is 3.98. The van der Waals surface area contributed by atoms with Gasteiger partial charge in [-0.25, -0.2) is 4.39 Å². The van der Waals surface area contributed by atoms with E-state index < -0.39 is 0 Å². The number of amides is 1. The molecule has 21 heavy (non-hydrogen) atoms. The van der Waals surface area contributed by atoms with Crippen LogP contribution in [0.5, 0.6) is 0 Å². The van der Waals surface area contributed by atoms with E-state index in [9.17, 15) is 9.18 Å². The molecule has 1 amide bonds. The van der Waals surface area contributed by atoms with E-state index in [1.54, 1.807) is 12.1 Å². The number of piperidine rings is 2. The van der Waals surface area contributed by atoms with Crippen molar-refractivity contribution in [3.63, 3.8) is 0 Å². The maximum Gasteiger partial charge on any atom is 0.253 e. The fraction of sp³-hybridized carbons (Fsp3) is 0.588. The molecular formula is C17H23FN2O. The molecule has 0 aliphatic carbocycles. The molecule has 2 heterocycles. The van der Waals surface area contributed by atoms with Crippen LogP contribution in [0.25, 0.3) is 0 Å². The SMILES string of the molecule is CC(C)N1CC2CC(CN(C(=O)c3ccc(F)cc3)C2)C1. The highest BCUT2D eigenvalue weighted by Crippen LogP contribution is 2.30. The predicted octanol–water partition coefficient (Wildman–Crippen LogP) is 2.63.